The van der Waals surface area contributed by atoms with Crippen molar-refractivity contribution >= 4 is 28.6 Å². The van der Waals surface area contributed by atoms with Crippen LogP contribution in [0.3, 0.4) is 0 Å². The van der Waals surface area contributed by atoms with Crippen LogP contribution in [-0.2, 0) is 7.05 Å². The van der Waals surface area contributed by atoms with E-state index >= 15 is 0 Å². The fraction of sp³-hybridized carbons (Fsp3) is 0.480. The first kappa shape index (κ1) is 21.2. The molecule has 1 aromatic carbocycles. The van der Waals surface area contributed by atoms with Crippen LogP contribution in [0.1, 0.15) is 61.9 Å². The SMILES string of the molecule is Cn1cc(-c2nc(C(=O)N(c3cccc(N4CCCC4)c3)C3CCCCCC3)cs2)cn1. The van der Waals surface area contributed by atoms with Gasteiger partial charge < -0.3 is 9.80 Å². The minimum atomic E-state index is 0.0156. The number of amides is 1. The van der Waals surface area contributed by atoms with Gasteiger partial charge in [0.2, 0.25) is 0 Å². The molecular formula is C25H31N5OS. The highest BCUT2D eigenvalue weighted by atomic mass is 32.1. The molecule has 7 heteroatoms. The van der Waals surface area contributed by atoms with Crippen molar-refractivity contribution in [2.24, 2.45) is 7.05 Å². The van der Waals surface area contributed by atoms with E-state index in [0.717, 1.165) is 42.2 Å². The quantitative estimate of drug-likeness (QED) is 0.482. The molecule has 0 spiro atoms. The van der Waals surface area contributed by atoms with E-state index in [0.29, 0.717) is 5.69 Å². The Morgan fingerprint density at radius 3 is 2.59 bits per heavy atom. The summed E-state index contributed by atoms with van der Waals surface area (Å²) in [4.78, 5) is 23.1. The first-order valence-electron chi connectivity index (χ1n) is 11.8. The lowest BCUT2D eigenvalue weighted by Crippen LogP contribution is -2.40. The van der Waals surface area contributed by atoms with Crippen molar-refractivity contribution in [3.8, 4) is 10.6 Å². The second kappa shape index (κ2) is 9.45. The Labute approximate surface area is 193 Å². The van der Waals surface area contributed by atoms with Crippen LogP contribution >= 0.6 is 11.3 Å². The molecule has 3 heterocycles. The zero-order chi connectivity index (χ0) is 21.9. The minimum Gasteiger partial charge on any atom is -0.371 e. The van der Waals surface area contributed by atoms with Crippen LogP contribution in [0.15, 0.2) is 42.0 Å². The third kappa shape index (κ3) is 4.44. The van der Waals surface area contributed by atoms with Crippen molar-refractivity contribution in [1.29, 1.82) is 0 Å². The molecule has 1 aliphatic carbocycles. The molecule has 32 heavy (non-hydrogen) atoms. The van der Waals surface area contributed by atoms with Crippen LogP contribution in [0.2, 0.25) is 0 Å². The number of hydrogen-bond donors (Lipinski definition) is 0. The highest BCUT2D eigenvalue weighted by molar-refractivity contribution is 7.13. The molecule has 1 saturated heterocycles. The fourth-order valence-electron chi connectivity index (χ4n) is 4.98. The van der Waals surface area contributed by atoms with Crippen LogP contribution in [0.5, 0.6) is 0 Å². The molecule has 1 aliphatic heterocycles. The number of anilines is 2. The number of benzene rings is 1. The Kier molecular flexibility index (Phi) is 6.26. The molecule has 3 aromatic rings. The molecule has 0 atom stereocenters. The summed E-state index contributed by atoms with van der Waals surface area (Å²) in [6, 6.07) is 8.80. The molecule has 5 rings (SSSR count). The Bertz CT molecular complexity index is 1060. The van der Waals surface area contributed by atoms with Gasteiger partial charge >= 0.3 is 0 Å². The Morgan fingerprint density at radius 2 is 1.88 bits per heavy atom. The van der Waals surface area contributed by atoms with Gasteiger partial charge in [0.05, 0.1) is 6.20 Å². The lowest BCUT2D eigenvalue weighted by atomic mass is 10.0. The largest absolute Gasteiger partial charge is 0.371 e. The smallest absolute Gasteiger partial charge is 0.278 e. The van der Waals surface area contributed by atoms with E-state index in [4.69, 9.17) is 4.98 Å². The molecule has 168 valence electrons. The Balaban J connectivity index is 1.48. The average Bonchev–Trinajstić information content (AvgIpc) is 3.55. The normalized spacial score (nSPS) is 17.5. The number of aromatic nitrogens is 3. The number of hydrogen-bond acceptors (Lipinski definition) is 5. The fourth-order valence-corrected chi connectivity index (χ4v) is 5.75. The molecule has 2 aromatic heterocycles. The van der Waals surface area contributed by atoms with E-state index < -0.39 is 0 Å². The Hall–Kier alpha value is -2.67. The average molecular weight is 450 g/mol. The summed E-state index contributed by atoms with van der Waals surface area (Å²) in [5.74, 6) is 0.0156. The van der Waals surface area contributed by atoms with Gasteiger partial charge in [-0.2, -0.15) is 5.10 Å². The van der Waals surface area contributed by atoms with Gasteiger partial charge in [-0.15, -0.1) is 11.3 Å². The number of nitrogens with zero attached hydrogens (tertiary/aromatic N) is 5. The van der Waals surface area contributed by atoms with Gasteiger partial charge in [-0.25, -0.2) is 4.98 Å². The molecule has 0 N–H and O–H groups in total. The third-order valence-corrected chi connectivity index (χ3v) is 7.55. The standard InChI is InChI=1S/C25H31N5OS/c1-28-17-19(16-26-28)24-27-23(18-32-24)25(31)30(20-9-4-2-3-5-10-20)22-12-8-11-21(15-22)29-13-6-7-14-29/h8,11-12,15-18,20H,2-7,9-10,13-14H2,1H3. The van der Waals surface area contributed by atoms with Gasteiger partial charge in [-0.05, 0) is 43.9 Å². The number of aryl methyl sites for hydroxylation is 1. The van der Waals surface area contributed by atoms with E-state index in [9.17, 15) is 4.79 Å². The lowest BCUT2D eigenvalue weighted by molar-refractivity contribution is 0.0970. The number of carbonyl (C=O) groups is 1. The van der Waals surface area contributed by atoms with E-state index in [1.54, 1.807) is 10.9 Å². The van der Waals surface area contributed by atoms with Crippen molar-refractivity contribution in [3.05, 3.63) is 47.7 Å². The van der Waals surface area contributed by atoms with Gasteiger partial charge in [-0.3, -0.25) is 9.48 Å². The maximum Gasteiger partial charge on any atom is 0.278 e. The number of rotatable bonds is 5. The molecule has 0 unspecified atom stereocenters. The van der Waals surface area contributed by atoms with Crippen molar-refractivity contribution < 1.29 is 4.79 Å². The summed E-state index contributed by atoms with van der Waals surface area (Å²) < 4.78 is 1.76. The second-order valence-electron chi connectivity index (χ2n) is 8.98. The molecule has 1 saturated carbocycles. The Morgan fingerprint density at radius 1 is 1.09 bits per heavy atom. The maximum absolute atomic E-state index is 13.9. The van der Waals surface area contributed by atoms with E-state index in [-0.39, 0.29) is 11.9 Å². The predicted molar refractivity (Wildman–Crippen MR) is 131 cm³/mol. The highest BCUT2D eigenvalue weighted by Gasteiger charge is 2.29. The zero-order valence-corrected chi connectivity index (χ0v) is 19.6. The monoisotopic (exact) mass is 449 g/mol. The summed E-state index contributed by atoms with van der Waals surface area (Å²) in [5, 5.41) is 6.99. The zero-order valence-electron chi connectivity index (χ0n) is 18.7. The highest BCUT2D eigenvalue weighted by Crippen LogP contribution is 2.33. The van der Waals surface area contributed by atoms with Gasteiger partial charge in [0.15, 0.2) is 0 Å². The summed E-state index contributed by atoms with van der Waals surface area (Å²) in [6.07, 6.45) is 13.2. The molecule has 2 fully saturated rings. The van der Waals surface area contributed by atoms with E-state index in [2.05, 4.69) is 34.3 Å². The topological polar surface area (TPSA) is 54.3 Å². The van der Waals surface area contributed by atoms with E-state index in [1.165, 1.54) is 55.5 Å². The summed E-state index contributed by atoms with van der Waals surface area (Å²) in [5.41, 5.74) is 3.71. The molecular weight excluding hydrogens is 418 g/mol. The van der Waals surface area contributed by atoms with Crippen LogP contribution in [0, 0.1) is 0 Å². The molecule has 0 bridgehead atoms. The first-order valence-corrected chi connectivity index (χ1v) is 12.7. The molecule has 2 aliphatic rings. The maximum atomic E-state index is 13.9. The van der Waals surface area contributed by atoms with Gasteiger partial charge in [0, 0.05) is 54.7 Å². The van der Waals surface area contributed by atoms with E-state index in [1.807, 2.05) is 23.5 Å². The molecule has 1 amide bonds. The minimum absolute atomic E-state index is 0.0156. The van der Waals surface area contributed by atoms with Crippen molar-refractivity contribution in [2.45, 2.75) is 57.4 Å². The molecule has 6 nitrogen and oxygen atoms in total. The van der Waals surface area contributed by atoms with Crippen LogP contribution in [0.25, 0.3) is 10.6 Å². The second-order valence-corrected chi connectivity index (χ2v) is 9.83. The van der Waals surface area contributed by atoms with Crippen LogP contribution in [-0.4, -0.2) is 39.8 Å². The van der Waals surface area contributed by atoms with Crippen molar-refractivity contribution in [1.82, 2.24) is 14.8 Å². The van der Waals surface area contributed by atoms with Gasteiger partial charge in [0.25, 0.3) is 5.91 Å². The number of carbonyl (C=O) groups excluding carboxylic acids is 1. The summed E-state index contributed by atoms with van der Waals surface area (Å²) in [6.45, 7) is 2.20. The van der Waals surface area contributed by atoms with Gasteiger partial charge in [-0.1, -0.05) is 31.7 Å². The summed E-state index contributed by atoms with van der Waals surface area (Å²) in [7, 11) is 1.89. The molecule has 0 radical (unpaired) electrons. The first-order chi connectivity index (χ1) is 15.7. The number of thiazole rings is 1. The lowest BCUT2D eigenvalue weighted by Gasteiger charge is -2.32. The predicted octanol–water partition coefficient (Wildman–Crippen LogP) is 5.51. The third-order valence-electron chi connectivity index (χ3n) is 6.66. The van der Waals surface area contributed by atoms with Gasteiger partial charge in [0.1, 0.15) is 10.7 Å². The van der Waals surface area contributed by atoms with Crippen molar-refractivity contribution in [3.63, 3.8) is 0 Å². The summed E-state index contributed by atoms with van der Waals surface area (Å²) >= 11 is 1.51. The van der Waals surface area contributed by atoms with Crippen LogP contribution in [0.4, 0.5) is 11.4 Å². The van der Waals surface area contributed by atoms with Crippen molar-refractivity contribution in [2.75, 3.05) is 22.9 Å². The van der Waals surface area contributed by atoms with Crippen LogP contribution < -0.4 is 9.80 Å².